The van der Waals surface area contributed by atoms with Gasteiger partial charge in [0.25, 0.3) is 5.97 Å². The van der Waals surface area contributed by atoms with Crippen LogP contribution in [0.5, 0.6) is 5.75 Å². The fourth-order valence-corrected chi connectivity index (χ4v) is 3.61. The molecule has 0 saturated heterocycles. The van der Waals surface area contributed by atoms with Gasteiger partial charge in [-0.2, -0.15) is 0 Å². The van der Waals surface area contributed by atoms with E-state index >= 15 is 0 Å². The van der Waals surface area contributed by atoms with Crippen molar-refractivity contribution in [1.82, 2.24) is 0 Å². The molecule has 1 rings (SSSR count). The molecule has 1 unspecified atom stereocenters. The first kappa shape index (κ1) is 28.8. The van der Waals surface area contributed by atoms with Gasteiger partial charge < -0.3 is 33.5 Å². The Bertz CT molecular complexity index is 523. The molecule has 0 aliphatic rings. The smallest absolute Gasteiger partial charge is 0.290 e. The molecule has 7 heteroatoms. The van der Waals surface area contributed by atoms with E-state index in [4.69, 9.17) is 28.4 Å². The minimum Gasteiger partial charge on any atom is -0.508 e. The molecule has 0 aliphatic carbocycles. The van der Waals surface area contributed by atoms with Crippen molar-refractivity contribution in [1.29, 1.82) is 0 Å². The summed E-state index contributed by atoms with van der Waals surface area (Å²) in [6, 6.07) is 7.19. The predicted molar refractivity (Wildman–Crippen MR) is 125 cm³/mol. The first-order valence-electron chi connectivity index (χ1n) is 11.8. The van der Waals surface area contributed by atoms with Crippen LogP contribution in [0.25, 0.3) is 0 Å². The van der Waals surface area contributed by atoms with Gasteiger partial charge in [0.2, 0.25) is 0 Å². The van der Waals surface area contributed by atoms with E-state index in [1.165, 1.54) is 25.7 Å². The number of phenols is 1. The van der Waals surface area contributed by atoms with Crippen LogP contribution in [0.4, 0.5) is 0 Å². The molecular weight excluding hydrogens is 412 g/mol. The van der Waals surface area contributed by atoms with Crippen LogP contribution in [0, 0.1) is 0 Å². The Morgan fingerprint density at radius 2 is 1.16 bits per heavy atom. The summed E-state index contributed by atoms with van der Waals surface area (Å²) in [5.41, 5.74) is 0.989. The summed E-state index contributed by atoms with van der Waals surface area (Å²) in [5, 5.41) is 9.81. The van der Waals surface area contributed by atoms with Gasteiger partial charge in [0.15, 0.2) is 0 Å². The van der Waals surface area contributed by atoms with Crippen molar-refractivity contribution in [3.63, 3.8) is 0 Å². The Labute approximate surface area is 194 Å². The van der Waals surface area contributed by atoms with E-state index in [2.05, 4.69) is 6.92 Å². The number of hydrogen-bond acceptors (Lipinski definition) is 7. The lowest BCUT2D eigenvalue weighted by Gasteiger charge is -2.40. The molecule has 7 nitrogen and oxygen atoms in total. The Morgan fingerprint density at radius 3 is 1.62 bits per heavy atom. The minimum atomic E-state index is -1.31. The van der Waals surface area contributed by atoms with Gasteiger partial charge in [-0.1, -0.05) is 57.6 Å². The molecule has 1 aromatic carbocycles. The van der Waals surface area contributed by atoms with Crippen LogP contribution in [0.2, 0.25) is 0 Å². The Kier molecular flexibility index (Phi) is 16.4. The summed E-state index contributed by atoms with van der Waals surface area (Å²) in [6.07, 6.45) is 7.95. The number of phenolic OH excluding ortho intramolecular Hbond substituents is 1. The highest BCUT2D eigenvalue weighted by Crippen LogP contribution is 2.39. The summed E-state index contributed by atoms with van der Waals surface area (Å²) < 4.78 is 34.4. The lowest BCUT2D eigenvalue weighted by atomic mass is 9.90. The molecular formula is C25H44O7. The van der Waals surface area contributed by atoms with Gasteiger partial charge in [0.05, 0.1) is 45.6 Å². The number of hydrogen-bond donors (Lipinski definition) is 1. The molecule has 0 spiro atoms. The summed E-state index contributed by atoms with van der Waals surface area (Å²) in [5.74, 6) is -1.28. The van der Waals surface area contributed by atoms with Gasteiger partial charge in [-0.3, -0.25) is 0 Å². The van der Waals surface area contributed by atoms with Crippen LogP contribution < -0.4 is 0 Å². The normalized spacial score (nSPS) is 12.9. The first-order valence-corrected chi connectivity index (χ1v) is 11.8. The second-order valence-electron chi connectivity index (χ2n) is 7.83. The van der Waals surface area contributed by atoms with Gasteiger partial charge >= 0.3 is 0 Å². The average molecular weight is 457 g/mol. The van der Waals surface area contributed by atoms with Gasteiger partial charge in [0, 0.05) is 21.3 Å². The standard InChI is InChI=1S/C25H44O7/c1-5-6-7-8-9-10-11-24(22-12-14-23(26)15-13-22)25(30-19-16-27-2,31-20-17-28-3)32-21-18-29-4/h12-15,24,26H,5-11,16-21H2,1-4H3. The average Bonchev–Trinajstić information content (AvgIpc) is 2.80. The molecule has 0 aromatic heterocycles. The Morgan fingerprint density at radius 1 is 0.688 bits per heavy atom. The molecule has 1 N–H and O–H groups in total. The van der Waals surface area contributed by atoms with E-state index in [9.17, 15) is 5.11 Å². The monoisotopic (exact) mass is 456 g/mol. The topological polar surface area (TPSA) is 75.6 Å². The third kappa shape index (κ3) is 11.1. The SMILES string of the molecule is CCCCCCCCC(c1ccc(O)cc1)C(OCCOC)(OCCOC)OCCOC. The van der Waals surface area contributed by atoms with Crippen LogP contribution in [-0.2, 0) is 28.4 Å². The molecule has 0 bridgehead atoms. The lowest BCUT2D eigenvalue weighted by molar-refractivity contribution is -0.396. The van der Waals surface area contributed by atoms with E-state index < -0.39 is 5.97 Å². The van der Waals surface area contributed by atoms with E-state index in [-0.39, 0.29) is 11.7 Å². The van der Waals surface area contributed by atoms with Crippen molar-refractivity contribution in [3.05, 3.63) is 29.8 Å². The molecule has 0 fully saturated rings. The fraction of sp³-hybridized carbons (Fsp3) is 0.760. The van der Waals surface area contributed by atoms with Crippen molar-refractivity contribution in [2.75, 3.05) is 61.0 Å². The molecule has 0 amide bonds. The van der Waals surface area contributed by atoms with Crippen molar-refractivity contribution in [3.8, 4) is 5.75 Å². The third-order valence-corrected chi connectivity index (χ3v) is 5.34. The van der Waals surface area contributed by atoms with Crippen LogP contribution in [-0.4, -0.2) is 72.1 Å². The second kappa shape index (κ2) is 18.2. The molecule has 1 aromatic rings. The maximum atomic E-state index is 9.81. The molecule has 186 valence electrons. The highest BCUT2D eigenvalue weighted by Gasteiger charge is 2.43. The minimum absolute atomic E-state index is 0.195. The zero-order valence-corrected chi connectivity index (χ0v) is 20.5. The van der Waals surface area contributed by atoms with Crippen molar-refractivity contribution < 1.29 is 33.5 Å². The number of aromatic hydroxyl groups is 1. The molecule has 0 saturated carbocycles. The van der Waals surface area contributed by atoms with Crippen molar-refractivity contribution >= 4 is 0 Å². The van der Waals surface area contributed by atoms with Crippen LogP contribution in [0.1, 0.15) is 63.4 Å². The maximum Gasteiger partial charge on any atom is 0.290 e. The maximum absolute atomic E-state index is 9.81. The van der Waals surface area contributed by atoms with Gasteiger partial charge in [-0.25, -0.2) is 0 Å². The number of ether oxygens (including phenoxy) is 6. The van der Waals surface area contributed by atoms with E-state index in [0.29, 0.717) is 39.6 Å². The summed E-state index contributed by atoms with van der Waals surface area (Å²) in [4.78, 5) is 0. The predicted octanol–water partition coefficient (Wildman–Crippen LogP) is 4.87. The van der Waals surface area contributed by atoms with Crippen LogP contribution in [0.15, 0.2) is 24.3 Å². The third-order valence-electron chi connectivity index (χ3n) is 5.34. The van der Waals surface area contributed by atoms with E-state index in [1.54, 1.807) is 33.5 Å². The lowest BCUT2D eigenvalue weighted by Crippen LogP contribution is -2.47. The second-order valence-corrected chi connectivity index (χ2v) is 7.83. The van der Waals surface area contributed by atoms with Crippen molar-refractivity contribution in [2.45, 2.75) is 63.8 Å². The zero-order valence-electron chi connectivity index (χ0n) is 20.5. The summed E-state index contributed by atoms with van der Waals surface area (Å²) >= 11 is 0. The molecule has 32 heavy (non-hydrogen) atoms. The van der Waals surface area contributed by atoms with Crippen LogP contribution in [0.3, 0.4) is 0 Å². The first-order chi connectivity index (χ1) is 15.6. The number of unbranched alkanes of at least 4 members (excludes halogenated alkanes) is 5. The van der Waals surface area contributed by atoms with Gasteiger partial charge in [0.1, 0.15) is 5.75 Å². The van der Waals surface area contributed by atoms with Gasteiger partial charge in [-0.05, 0) is 24.1 Å². The largest absolute Gasteiger partial charge is 0.508 e. The van der Waals surface area contributed by atoms with Gasteiger partial charge in [-0.15, -0.1) is 0 Å². The quantitative estimate of drug-likeness (QED) is 0.209. The number of benzene rings is 1. The fourth-order valence-electron chi connectivity index (χ4n) is 3.61. The highest BCUT2D eigenvalue weighted by atomic mass is 16.9. The number of rotatable bonds is 21. The van der Waals surface area contributed by atoms with E-state index in [1.807, 2.05) is 12.1 Å². The van der Waals surface area contributed by atoms with E-state index in [0.717, 1.165) is 24.8 Å². The van der Waals surface area contributed by atoms with Crippen molar-refractivity contribution in [2.24, 2.45) is 0 Å². The zero-order chi connectivity index (χ0) is 23.5. The molecule has 0 aliphatic heterocycles. The summed E-state index contributed by atoms with van der Waals surface area (Å²) in [7, 11) is 4.91. The Balaban J connectivity index is 3.14. The number of methoxy groups -OCH3 is 3. The van der Waals surface area contributed by atoms with Crippen LogP contribution >= 0.6 is 0 Å². The summed E-state index contributed by atoms with van der Waals surface area (Å²) in [6.45, 7) is 4.44. The molecule has 0 heterocycles. The highest BCUT2D eigenvalue weighted by molar-refractivity contribution is 5.29. The molecule has 1 atom stereocenters. The molecule has 0 radical (unpaired) electrons. The Hall–Kier alpha value is -1.22.